The van der Waals surface area contributed by atoms with Gasteiger partial charge in [-0.1, -0.05) is 76.1 Å². The summed E-state index contributed by atoms with van der Waals surface area (Å²) in [5.74, 6) is 1.89. The molecule has 4 rings (SSSR count). The average molecular weight is 417 g/mol. The molecule has 0 spiro atoms. The highest BCUT2D eigenvalue weighted by atomic mass is 16.5. The van der Waals surface area contributed by atoms with Crippen LogP contribution in [0.15, 0.2) is 48.5 Å². The number of aromatic nitrogens is 3. The van der Waals surface area contributed by atoms with Gasteiger partial charge in [0.05, 0.1) is 0 Å². The second-order valence-corrected chi connectivity index (χ2v) is 8.26. The van der Waals surface area contributed by atoms with Gasteiger partial charge in [0, 0.05) is 23.2 Å². The first kappa shape index (κ1) is 21.3. The van der Waals surface area contributed by atoms with Crippen molar-refractivity contribution in [2.75, 3.05) is 5.32 Å². The highest BCUT2D eigenvalue weighted by Gasteiger charge is 2.26. The first-order chi connectivity index (χ1) is 15.2. The molecule has 2 heterocycles. The summed E-state index contributed by atoms with van der Waals surface area (Å²) >= 11 is 0. The number of aryl methyl sites for hydroxylation is 1. The molecule has 2 aromatic carbocycles. The molecule has 0 saturated carbocycles. The van der Waals surface area contributed by atoms with Crippen LogP contribution in [0.25, 0.3) is 11.3 Å². The van der Waals surface area contributed by atoms with Crippen molar-refractivity contribution >= 4 is 5.69 Å². The van der Waals surface area contributed by atoms with Crippen molar-refractivity contribution in [2.45, 2.75) is 71.4 Å². The normalized spacial score (nSPS) is 14.9. The third-order valence-corrected chi connectivity index (χ3v) is 5.86. The van der Waals surface area contributed by atoms with Gasteiger partial charge in [0.25, 0.3) is 0 Å². The van der Waals surface area contributed by atoms with Crippen molar-refractivity contribution in [1.82, 2.24) is 15.2 Å². The van der Waals surface area contributed by atoms with Crippen LogP contribution >= 0.6 is 0 Å². The van der Waals surface area contributed by atoms with E-state index in [1.54, 1.807) is 0 Å². The minimum atomic E-state index is -0.335. The Morgan fingerprint density at radius 1 is 0.903 bits per heavy atom. The van der Waals surface area contributed by atoms with Crippen LogP contribution in [0, 0.1) is 0 Å². The summed E-state index contributed by atoms with van der Waals surface area (Å²) in [5, 5.41) is 12.3. The maximum Gasteiger partial charge on any atom is 0.246 e. The molecule has 1 aliphatic rings. The molecule has 1 unspecified atom stereocenters. The van der Waals surface area contributed by atoms with Crippen molar-refractivity contribution in [2.24, 2.45) is 0 Å². The van der Waals surface area contributed by atoms with Crippen molar-refractivity contribution in [3.05, 3.63) is 65.5 Å². The van der Waals surface area contributed by atoms with Crippen molar-refractivity contribution < 1.29 is 4.74 Å². The molecule has 1 aliphatic heterocycles. The fourth-order valence-electron chi connectivity index (χ4n) is 4.29. The van der Waals surface area contributed by atoms with Gasteiger partial charge in [-0.25, -0.2) is 0 Å². The van der Waals surface area contributed by atoms with E-state index < -0.39 is 0 Å². The summed E-state index contributed by atoms with van der Waals surface area (Å²) in [7, 11) is 0. The Balaban J connectivity index is 1.67. The van der Waals surface area contributed by atoms with Crippen LogP contribution in [0.2, 0.25) is 0 Å². The number of anilines is 1. The van der Waals surface area contributed by atoms with Gasteiger partial charge in [-0.2, -0.15) is 4.98 Å². The molecule has 1 aromatic heterocycles. The number of hydrogen-bond donors (Lipinski definition) is 1. The third kappa shape index (κ3) is 4.71. The number of fused-ring (bicyclic) bond motifs is 3. The molecule has 0 fully saturated rings. The zero-order valence-electron chi connectivity index (χ0n) is 18.8. The first-order valence-electron chi connectivity index (χ1n) is 11.6. The zero-order chi connectivity index (χ0) is 21.6. The molecule has 31 heavy (non-hydrogen) atoms. The van der Waals surface area contributed by atoms with E-state index in [2.05, 4.69) is 66.6 Å². The smallest absolute Gasteiger partial charge is 0.246 e. The van der Waals surface area contributed by atoms with Gasteiger partial charge < -0.3 is 10.1 Å². The van der Waals surface area contributed by atoms with E-state index in [9.17, 15) is 0 Å². The van der Waals surface area contributed by atoms with Crippen LogP contribution in [-0.2, 0) is 6.42 Å². The lowest BCUT2D eigenvalue weighted by atomic mass is 9.90. The molecule has 0 amide bonds. The predicted octanol–water partition coefficient (Wildman–Crippen LogP) is 6.68. The lowest BCUT2D eigenvalue weighted by molar-refractivity contribution is 0.226. The van der Waals surface area contributed by atoms with Gasteiger partial charge in [-0.05, 0) is 36.8 Å². The Kier molecular flexibility index (Phi) is 6.80. The summed E-state index contributed by atoms with van der Waals surface area (Å²) in [5.41, 5.74) is 5.12. The molecule has 162 valence electrons. The topological polar surface area (TPSA) is 59.9 Å². The van der Waals surface area contributed by atoms with E-state index in [1.165, 1.54) is 31.2 Å². The molecule has 3 aromatic rings. The van der Waals surface area contributed by atoms with E-state index in [1.807, 2.05) is 18.2 Å². The Morgan fingerprint density at radius 2 is 1.65 bits per heavy atom. The van der Waals surface area contributed by atoms with Gasteiger partial charge >= 0.3 is 0 Å². The second-order valence-electron chi connectivity index (χ2n) is 8.26. The van der Waals surface area contributed by atoms with E-state index >= 15 is 0 Å². The van der Waals surface area contributed by atoms with Crippen LogP contribution in [0.1, 0.15) is 82.0 Å². The third-order valence-electron chi connectivity index (χ3n) is 5.86. The Labute approximate surface area is 185 Å². The number of rotatable bonds is 8. The van der Waals surface area contributed by atoms with Crippen LogP contribution < -0.4 is 10.1 Å². The molecule has 1 atom stereocenters. The molecule has 0 bridgehead atoms. The van der Waals surface area contributed by atoms with Crippen LogP contribution in [-0.4, -0.2) is 15.2 Å². The Morgan fingerprint density at radius 3 is 2.35 bits per heavy atom. The number of para-hydroxylation sites is 1. The fourth-order valence-corrected chi connectivity index (χ4v) is 4.29. The molecule has 1 N–H and O–H groups in total. The van der Waals surface area contributed by atoms with Crippen molar-refractivity contribution in [3.8, 4) is 17.1 Å². The maximum absolute atomic E-state index is 6.38. The minimum absolute atomic E-state index is 0.335. The highest BCUT2D eigenvalue weighted by molar-refractivity contribution is 5.79. The van der Waals surface area contributed by atoms with Gasteiger partial charge in [-0.3, -0.25) is 0 Å². The van der Waals surface area contributed by atoms with Gasteiger partial charge in [-0.15, -0.1) is 10.2 Å². The Bertz CT molecular complexity index is 997. The SMILES string of the molecule is CCCc1nnc2c(n1)OC(c1ccc(C(CCC)CCC)cc1)Nc1ccccc1-2. The van der Waals surface area contributed by atoms with Gasteiger partial charge in [0.2, 0.25) is 5.88 Å². The lowest BCUT2D eigenvalue weighted by Gasteiger charge is -2.21. The molecular weight excluding hydrogens is 384 g/mol. The largest absolute Gasteiger partial charge is 0.448 e. The van der Waals surface area contributed by atoms with Crippen LogP contribution in [0.5, 0.6) is 5.88 Å². The van der Waals surface area contributed by atoms with Crippen LogP contribution in [0.3, 0.4) is 0 Å². The van der Waals surface area contributed by atoms with E-state index in [0.717, 1.165) is 35.5 Å². The van der Waals surface area contributed by atoms with E-state index in [0.29, 0.717) is 17.5 Å². The lowest BCUT2D eigenvalue weighted by Crippen LogP contribution is -2.17. The Hall–Kier alpha value is -2.95. The van der Waals surface area contributed by atoms with Crippen molar-refractivity contribution in [1.29, 1.82) is 0 Å². The average Bonchev–Trinajstić information content (AvgIpc) is 2.96. The number of ether oxygens (including phenoxy) is 1. The predicted molar refractivity (Wildman–Crippen MR) is 125 cm³/mol. The number of benzene rings is 2. The molecule has 5 nitrogen and oxygen atoms in total. The summed E-state index contributed by atoms with van der Waals surface area (Å²) in [6, 6.07) is 17.0. The monoisotopic (exact) mass is 416 g/mol. The van der Waals surface area contributed by atoms with Gasteiger partial charge in [0.15, 0.2) is 17.7 Å². The minimum Gasteiger partial charge on any atom is -0.448 e. The number of nitrogens with one attached hydrogen (secondary N) is 1. The van der Waals surface area contributed by atoms with E-state index in [4.69, 9.17) is 9.72 Å². The molecule has 0 saturated heterocycles. The maximum atomic E-state index is 6.38. The van der Waals surface area contributed by atoms with Crippen LogP contribution in [0.4, 0.5) is 5.69 Å². The number of nitrogens with zero attached hydrogens (tertiary/aromatic N) is 3. The molecule has 0 aliphatic carbocycles. The molecular formula is C26H32N4O. The highest BCUT2D eigenvalue weighted by Crippen LogP contribution is 2.39. The first-order valence-corrected chi connectivity index (χ1v) is 11.6. The van der Waals surface area contributed by atoms with Gasteiger partial charge in [0.1, 0.15) is 0 Å². The van der Waals surface area contributed by atoms with E-state index in [-0.39, 0.29) is 6.23 Å². The number of hydrogen-bond acceptors (Lipinski definition) is 5. The summed E-state index contributed by atoms with van der Waals surface area (Å²) in [6.45, 7) is 6.64. The standard InChI is InChI=1S/C26H32N4O/c1-4-9-18(10-5-2)19-14-16-20(17-15-19)25-27-22-13-8-7-12-21(22)24-26(31-25)28-23(11-6-3)29-30-24/h7-8,12-18,25,27H,4-6,9-11H2,1-3H3. The summed E-state index contributed by atoms with van der Waals surface area (Å²) in [6.07, 6.45) is 6.30. The van der Waals surface area contributed by atoms with Crippen molar-refractivity contribution in [3.63, 3.8) is 0 Å². The molecule has 0 radical (unpaired) electrons. The fraction of sp³-hybridized carbons (Fsp3) is 0.423. The summed E-state index contributed by atoms with van der Waals surface area (Å²) in [4.78, 5) is 4.70. The summed E-state index contributed by atoms with van der Waals surface area (Å²) < 4.78 is 6.38. The zero-order valence-corrected chi connectivity index (χ0v) is 18.8. The quantitative estimate of drug-likeness (QED) is 0.444. The second kappa shape index (κ2) is 9.90. The molecule has 5 heteroatoms.